The molecule has 4 atom stereocenters. The Morgan fingerprint density at radius 1 is 0.946 bits per heavy atom. The molecule has 11 heteroatoms. The standard InChI is InChI=1S/C45H46F3NO5S2/c1-30-9-7-22-43(2)40(38-20-18-31(25-36(50)19-17-30)26-39(38)42(51)33-12-6-14-35(27-33)45(46,47)48)21-23-44(43,52)29-49(56(53,54)41-16-8-24-55-41)28-34-13-5-11-32-10-3-4-15-37(32)34/h3-6,8-16,18,20,24,26-27,36,40,50,52H,7,17,19,21-23,25,28-29H2,1-2H3. The predicted octanol–water partition coefficient (Wildman–Crippen LogP) is 10.1. The Labute approximate surface area is 330 Å². The van der Waals surface area contributed by atoms with E-state index in [1.807, 2.05) is 68.4 Å². The van der Waals surface area contributed by atoms with Crippen molar-refractivity contribution in [2.45, 2.75) is 93.3 Å². The van der Waals surface area contributed by atoms with Gasteiger partial charge in [-0.3, -0.25) is 4.79 Å². The van der Waals surface area contributed by atoms with Crippen LogP contribution in [0.2, 0.25) is 0 Å². The SMILES string of the molecule is CC1=CCCC2(C)C(CCC2(O)CN(Cc2cccc3ccccc23)S(=O)(=O)c2cccs2)c2ccc(cc2C(=O)c2cccc(C(F)(F)F)c2)CC(O)CC1. The minimum Gasteiger partial charge on any atom is -0.393 e. The highest BCUT2D eigenvalue weighted by molar-refractivity contribution is 7.91. The third kappa shape index (κ3) is 7.89. The molecule has 4 aromatic carbocycles. The molecule has 0 spiro atoms. The van der Waals surface area contributed by atoms with Crippen LogP contribution in [0, 0.1) is 5.41 Å². The minimum absolute atomic E-state index is 0.0138. The van der Waals surface area contributed by atoms with Crippen LogP contribution in [0.25, 0.3) is 10.8 Å². The van der Waals surface area contributed by atoms with Crippen LogP contribution in [-0.2, 0) is 29.2 Å². The summed E-state index contributed by atoms with van der Waals surface area (Å²) in [5.41, 5.74) is -0.237. The van der Waals surface area contributed by atoms with Crippen molar-refractivity contribution in [3.05, 3.63) is 147 Å². The molecular formula is C45H46F3NO5S2. The van der Waals surface area contributed by atoms with Gasteiger partial charge in [-0.2, -0.15) is 17.5 Å². The summed E-state index contributed by atoms with van der Waals surface area (Å²) in [6, 6.07) is 26.5. The summed E-state index contributed by atoms with van der Waals surface area (Å²) in [7, 11) is -4.09. The van der Waals surface area contributed by atoms with Crippen LogP contribution in [-0.4, -0.2) is 47.0 Å². The second kappa shape index (κ2) is 15.7. The van der Waals surface area contributed by atoms with Gasteiger partial charge in [0.2, 0.25) is 0 Å². The van der Waals surface area contributed by atoms with Crippen LogP contribution >= 0.6 is 11.3 Å². The number of halogens is 3. The number of alkyl halides is 3. The van der Waals surface area contributed by atoms with Gasteiger partial charge < -0.3 is 10.2 Å². The van der Waals surface area contributed by atoms with Crippen LogP contribution in [0.4, 0.5) is 13.2 Å². The van der Waals surface area contributed by atoms with Crippen molar-refractivity contribution in [2.75, 3.05) is 6.54 Å². The Morgan fingerprint density at radius 3 is 2.48 bits per heavy atom. The lowest BCUT2D eigenvalue weighted by atomic mass is 9.64. The van der Waals surface area contributed by atoms with Gasteiger partial charge in [0.1, 0.15) is 4.21 Å². The number of aliphatic hydroxyl groups is 2. The van der Waals surface area contributed by atoms with Gasteiger partial charge in [-0.15, -0.1) is 11.3 Å². The summed E-state index contributed by atoms with van der Waals surface area (Å²) in [5.74, 6) is -1.04. The number of ketones is 1. The number of nitrogens with zero attached hydrogens (tertiary/aromatic N) is 1. The third-order valence-corrected chi connectivity index (χ3v) is 15.3. The fourth-order valence-electron chi connectivity index (χ4n) is 8.86. The molecule has 0 aliphatic heterocycles. The number of rotatable bonds is 8. The van der Waals surface area contributed by atoms with Crippen molar-refractivity contribution in [1.82, 2.24) is 4.31 Å². The molecule has 6 nitrogen and oxygen atoms in total. The monoisotopic (exact) mass is 801 g/mol. The largest absolute Gasteiger partial charge is 0.416 e. The summed E-state index contributed by atoms with van der Waals surface area (Å²) in [4.78, 5) is 14.4. The van der Waals surface area contributed by atoms with Crippen molar-refractivity contribution >= 4 is 37.9 Å². The minimum atomic E-state index is -4.65. The van der Waals surface area contributed by atoms with Crippen molar-refractivity contribution in [2.24, 2.45) is 5.41 Å². The van der Waals surface area contributed by atoms with E-state index in [9.17, 15) is 36.6 Å². The van der Waals surface area contributed by atoms with E-state index in [-0.39, 0.29) is 41.3 Å². The highest BCUT2D eigenvalue weighted by atomic mass is 32.2. The third-order valence-electron chi connectivity index (χ3n) is 12.1. The van der Waals surface area contributed by atoms with E-state index in [0.717, 1.165) is 45.4 Å². The Kier molecular flexibility index (Phi) is 11.2. The zero-order chi connectivity index (χ0) is 39.9. The van der Waals surface area contributed by atoms with E-state index in [4.69, 9.17) is 0 Å². The lowest BCUT2D eigenvalue weighted by Gasteiger charge is -2.46. The second-order valence-electron chi connectivity index (χ2n) is 15.7. The molecule has 1 fully saturated rings. The molecule has 294 valence electrons. The summed E-state index contributed by atoms with van der Waals surface area (Å²) < 4.78 is 72.1. The smallest absolute Gasteiger partial charge is 0.393 e. The fourth-order valence-corrected chi connectivity index (χ4v) is 11.5. The van der Waals surface area contributed by atoms with Crippen molar-refractivity contribution in [3.63, 3.8) is 0 Å². The number of benzene rings is 4. The zero-order valence-electron chi connectivity index (χ0n) is 31.4. The summed E-state index contributed by atoms with van der Waals surface area (Å²) in [6.07, 6.45) is -0.246. The summed E-state index contributed by atoms with van der Waals surface area (Å²) in [6.45, 7) is 3.77. The summed E-state index contributed by atoms with van der Waals surface area (Å²) in [5, 5.41) is 27.7. The molecule has 2 bridgehead atoms. The van der Waals surface area contributed by atoms with Crippen LogP contribution in [0.1, 0.15) is 96.5 Å². The lowest BCUT2D eigenvalue weighted by Crippen LogP contribution is -2.53. The van der Waals surface area contributed by atoms with Gasteiger partial charge in [0.05, 0.1) is 17.3 Å². The number of sulfonamides is 1. The first kappa shape index (κ1) is 40.1. The van der Waals surface area contributed by atoms with Crippen molar-refractivity contribution < 1.29 is 36.6 Å². The number of hydrogen-bond donors (Lipinski definition) is 2. The van der Waals surface area contributed by atoms with Crippen molar-refractivity contribution in [3.8, 4) is 0 Å². The van der Waals surface area contributed by atoms with Crippen LogP contribution < -0.4 is 0 Å². The first-order valence-electron chi connectivity index (χ1n) is 19.0. The Bertz CT molecular complexity index is 2370. The Balaban J connectivity index is 1.35. The molecule has 8 rings (SSSR count). The van der Waals surface area contributed by atoms with Gasteiger partial charge >= 0.3 is 6.18 Å². The van der Waals surface area contributed by atoms with Gasteiger partial charge in [-0.05, 0) is 115 Å². The van der Waals surface area contributed by atoms with Crippen LogP contribution in [0.3, 0.4) is 0 Å². The van der Waals surface area contributed by atoms with E-state index in [1.165, 1.54) is 16.4 Å². The molecule has 1 saturated carbocycles. The van der Waals surface area contributed by atoms with Crippen LogP contribution in [0.5, 0.6) is 0 Å². The van der Waals surface area contributed by atoms with Crippen molar-refractivity contribution in [1.29, 1.82) is 0 Å². The second-order valence-corrected chi connectivity index (χ2v) is 18.8. The molecule has 0 saturated heterocycles. The Hall–Kier alpha value is -4.13. The first-order chi connectivity index (χ1) is 26.6. The molecule has 4 unspecified atom stereocenters. The molecule has 1 heterocycles. The highest BCUT2D eigenvalue weighted by Crippen LogP contribution is 2.59. The number of allylic oxidation sites excluding steroid dienone is 2. The number of fused-ring (bicyclic) bond motifs is 9. The van der Waals surface area contributed by atoms with E-state index in [1.54, 1.807) is 23.6 Å². The number of hydrogen-bond acceptors (Lipinski definition) is 6. The molecule has 3 aliphatic carbocycles. The number of thiophene rings is 1. The maximum absolute atomic E-state index is 14.5. The van der Waals surface area contributed by atoms with E-state index < -0.39 is 50.6 Å². The quantitative estimate of drug-likeness (QED) is 0.120. The summed E-state index contributed by atoms with van der Waals surface area (Å²) >= 11 is 1.12. The fraction of sp³-hybridized carbons (Fsp3) is 0.356. The van der Waals surface area contributed by atoms with Gasteiger partial charge in [0.15, 0.2) is 5.78 Å². The number of aliphatic hydroxyl groups excluding tert-OH is 1. The van der Waals surface area contributed by atoms with Gasteiger partial charge in [0, 0.05) is 29.6 Å². The lowest BCUT2D eigenvalue weighted by molar-refractivity contribution is -0.137. The van der Waals surface area contributed by atoms with Gasteiger partial charge in [-0.25, -0.2) is 8.42 Å². The molecule has 0 amide bonds. The van der Waals surface area contributed by atoms with E-state index in [0.29, 0.717) is 43.2 Å². The number of carbonyl (C=O) groups is 1. The topological polar surface area (TPSA) is 94.9 Å². The number of carbonyl (C=O) groups excluding carboxylic acids is 1. The average molecular weight is 802 g/mol. The maximum atomic E-state index is 14.5. The van der Waals surface area contributed by atoms with E-state index >= 15 is 0 Å². The zero-order valence-corrected chi connectivity index (χ0v) is 33.1. The van der Waals surface area contributed by atoms with Crippen LogP contribution in [0.15, 0.2) is 118 Å². The molecule has 3 aliphatic rings. The molecule has 2 N–H and O–H groups in total. The molecular weight excluding hydrogens is 756 g/mol. The highest BCUT2D eigenvalue weighted by Gasteiger charge is 2.58. The maximum Gasteiger partial charge on any atom is 0.416 e. The molecule has 1 aromatic heterocycles. The van der Waals surface area contributed by atoms with Gasteiger partial charge in [0.25, 0.3) is 10.0 Å². The normalized spacial score (nSPS) is 23.5. The van der Waals surface area contributed by atoms with Gasteiger partial charge in [-0.1, -0.05) is 91.4 Å². The molecule has 56 heavy (non-hydrogen) atoms. The van der Waals surface area contributed by atoms with E-state index in [2.05, 4.69) is 6.08 Å². The first-order valence-corrected chi connectivity index (χ1v) is 21.3. The Morgan fingerprint density at radius 2 is 1.71 bits per heavy atom. The average Bonchev–Trinajstić information content (AvgIpc) is 3.81. The molecule has 0 radical (unpaired) electrons. The predicted molar refractivity (Wildman–Crippen MR) is 214 cm³/mol. The molecule has 5 aromatic rings.